The van der Waals surface area contributed by atoms with Crippen molar-refractivity contribution in [1.82, 2.24) is 14.4 Å². The van der Waals surface area contributed by atoms with E-state index in [1.165, 1.54) is 17.5 Å². The average molecular weight is 378 g/mol. The molecule has 1 aromatic carbocycles. The number of rotatable bonds is 4. The van der Waals surface area contributed by atoms with Crippen molar-refractivity contribution in [3.05, 3.63) is 35.0 Å². The van der Waals surface area contributed by atoms with E-state index >= 15 is 0 Å². The third-order valence-corrected chi connectivity index (χ3v) is 6.42. The molecule has 0 bridgehead atoms. The van der Waals surface area contributed by atoms with Crippen molar-refractivity contribution in [3.63, 3.8) is 0 Å². The molecule has 2 heterocycles. The first kappa shape index (κ1) is 18.9. The second-order valence-corrected chi connectivity index (χ2v) is 9.52. The van der Waals surface area contributed by atoms with Gasteiger partial charge in [-0.3, -0.25) is 9.69 Å². The second-order valence-electron chi connectivity index (χ2n) is 7.27. The number of nitrogens with zero attached hydrogens (tertiary/aromatic N) is 3. The summed E-state index contributed by atoms with van der Waals surface area (Å²) in [5, 5.41) is 1.13. The van der Waals surface area contributed by atoms with Crippen LogP contribution in [-0.2, 0) is 16.9 Å². The lowest BCUT2D eigenvalue weighted by Crippen LogP contribution is -2.49. The molecule has 0 radical (unpaired) electrons. The lowest BCUT2D eigenvalue weighted by molar-refractivity contribution is 0.0644. The van der Waals surface area contributed by atoms with Gasteiger partial charge in [-0.25, -0.2) is 8.42 Å². The highest BCUT2D eigenvalue weighted by atomic mass is 32.2. The van der Waals surface area contributed by atoms with Crippen molar-refractivity contribution in [2.45, 2.75) is 13.8 Å². The Hall–Kier alpha value is -1.86. The van der Waals surface area contributed by atoms with Crippen LogP contribution in [0.15, 0.2) is 18.2 Å². The summed E-state index contributed by atoms with van der Waals surface area (Å²) in [4.78, 5) is 16.8. The fourth-order valence-electron chi connectivity index (χ4n) is 3.54. The normalized spacial score (nSPS) is 16.4. The summed E-state index contributed by atoms with van der Waals surface area (Å²) >= 11 is 0. The Balaban J connectivity index is 1.69. The van der Waals surface area contributed by atoms with Crippen molar-refractivity contribution < 1.29 is 13.2 Å². The van der Waals surface area contributed by atoms with Crippen LogP contribution < -0.4 is 0 Å². The Kier molecular flexibility index (Phi) is 5.12. The number of hydrogen-bond acceptors (Lipinski definition) is 4. The Bertz CT molecular complexity index is 939. The van der Waals surface area contributed by atoms with Gasteiger partial charge < -0.3 is 9.47 Å². The maximum Gasteiger partial charge on any atom is 0.253 e. The third kappa shape index (κ3) is 3.78. The Morgan fingerprint density at radius 1 is 1.12 bits per heavy atom. The molecular weight excluding hydrogens is 350 g/mol. The smallest absolute Gasteiger partial charge is 0.253 e. The van der Waals surface area contributed by atoms with Crippen molar-refractivity contribution in [2.24, 2.45) is 7.05 Å². The van der Waals surface area contributed by atoms with Crippen LogP contribution in [0.25, 0.3) is 10.9 Å². The maximum absolute atomic E-state index is 12.9. The van der Waals surface area contributed by atoms with Gasteiger partial charge in [-0.15, -0.1) is 0 Å². The second kappa shape index (κ2) is 7.04. The zero-order valence-corrected chi connectivity index (χ0v) is 16.8. The minimum Gasteiger partial charge on any atom is -0.348 e. The van der Waals surface area contributed by atoms with Gasteiger partial charge in [0.25, 0.3) is 5.91 Å². The molecule has 142 valence electrons. The number of piperazine rings is 1. The van der Waals surface area contributed by atoms with E-state index in [9.17, 15) is 13.2 Å². The zero-order valence-electron chi connectivity index (χ0n) is 15.9. The molecule has 7 heteroatoms. The van der Waals surface area contributed by atoms with Crippen LogP contribution in [0.1, 0.15) is 21.6 Å². The van der Waals surface area contributed by atoms with Crippen molar-refractivity contribution >= 4 is 26.6 Å². The highest BCUT2D eigenvalue weighted by Crippen LogP contribution is 2.25. The number of aryl methyl sites for hydroxylation is 2. The number of benzene rings is 1. The monoisotopic (exact) mass is 377 g/mol. The van der Waals surface area contributed by atoms with E-state index in [4.69, 9.17) is 0 Å². The predicted octanol–water partition coefficient (Wildman–Crippen LogP) is 1.60. The summed E-state index contributed by atoms with van der Waals surface area (Å²) in [5.41, 5.74) is 4.28. The van der Waals surface area contributed by atoms with E-state index in [2.05, 4.69) is 23.3 Å². The topological polar surface area (TPSA) is 62.6 Å². The minimum absolute atomic E-state index is 0.0515. The van der Waals surface area contributed by atoms with Gasteiger partial charge in [-0.1, -0.05) is 0 Å². The van der Waals surface area contributed by atoms with Gasteiger partial charge in [0.05, 0.1) is 5.75 Å². The van der Waals surface area contributed by atoms with Crippen molar-refractivity contribution in [2.75, 3.05) is 44.7 Å². The third-order valence-electron chi connectivity index (χ3n) is 5.49. The van der Waals surface area contributed by atoms with E-state index in [0.717, 1.165) is 16.5 Å². The molecule has 0 spiro atoms. The number of carbonyl (C=O) groups is 1. The lowest BCUT2D eigenvalue weighted by Gasteiger charge is -2.34. The van der Waals surface area contributed by atoms with Crippen LogP contribution in [0.3, 0.4) is 0 Å². The van der Waals surface area contributed by atoms with Crippen LogP contribution in [0.2, 0.25) is 0 Å². The lowest BCUT2D eigenvalue weighted by atomic mass is 10.1. The molecule has 26 heavy (non-hydrogen) atoms. The number of amides is 1. The van der Waals surface area contributed by atoms with Gasteiger partial charge in [0.15, 0.2) is 0 Å². The SMILES string of the molecule is Cc1c(C)n(C)c2ccc(C(=O)N3CCN(CCS(C)(=O)=O)CC3)cc12. The molecule has 0 saturated carbocycles. The van der Waals surface area contributed by atoms with Gasteiger partial charge in [0.2, 0.25) is 0 Å². The standard InChI is InChI=1S/C19H27N3O3S/c1-14-15(2)20(3)18-6-5-16(13-17(14)18)19(23)22-9-7-21(8-10-22)11-12-26(4,24)25/h5-6,13H,7-12H2,1-4H3. The summed E-state index contributed by atoms with van der Waals surface area (Å²) in [7, 11) is -0.903. The molecule has 1 amide bonds. The molecule has 1 aliphatic heterocycles. The summed E-state index contributed by atoms with van der Waals surface area (Å²) < 4.78 is 24.7. The molecular formula is C19H27N3O3S. The van der Waals surface area contributed by atoms with E-state index in [0.29, 0.717) is 32.7 Å². The van der Waals surface area contributed by atoms with Crippen LogP contribution >= 0.6 is 0 Å². The fourth-order valence-corrected chi connectivity index (χ4v) is 4.13. The first-order chi connectivity index (χ1) is 12.2. The van der Waals surface area contributed by atoms with E-state index in [-0.39, 0.29) is 11.7 Å². The summed E-state index contributed by atoms with van der Waals surface area (Å²) in [6, 6.07) is 5.92. The quantitative estimate of drug-likeness (QED) is 0.812. The molecule has 1 aliphatic rings. The van der Waals surface area contributed by atoms with Crippen molar-refractivity contribution in [3.8, 4) is 0 Å². The van der Waals surface area contributed by atoms with E-state index < -0.39 is 9.84 Å². The van der Waals surface area contributed by atoms with E-state index in [1.807, 2.05) is 30.1 Å². The molecule has 2 aromatic rings. The Labute approximate surface area is 155 Å². The molecule has 1 aromatic heterocycles. The van der Waals surface area contributed by atoms with Crippen LogP contribution in [0, 0.1) is 13.8 Å². The zero-order chi connectivity index (χ0) is 19.1. The maximum atomic E-state index is 12.9. The Morgan fingerprint density at radius 2 is 1.77 bits per heavy atom. The summed E-state index contributed by atoms with van der Waals surface area (Å²) in [6.07, 6.45) is 1.26. The summed E-state index contributed by atoms with van der Waals surface area (Å²) in [5.74, 6) is 0.222. The molecule has 0 N–H and O–H groups in total. The van der Waals surface area contributed by atoms with Crippen LogP contribution in [0.4, 0.5) is 0 Å². The van der Waals surface area contributed by atoms with Gasteiger partial charge in [-0.05, 0) is 37.6 Å². The number of sulfone groups is 1. The first-order valence-corrected chi connectivity index (χ1v) is 11.0. The highest BCUT2D eigenvalue weighted by Gasteiger charge is 2.23. The highest BCUT2D eigenvalue weighted by molar-refractivity contribution is 7.90. The Morgan fingerprint density at radius 3 is 2.38 bits per heavy atom. The van der Waals surface area contributed by atoms with Gasteiger partial charge >= 0.3 is 0 Å². The average Bonchev–Trinajstić information content (AvgIpc) is 2.83. The fraction of sp³-hybridized carbons (Fsp3) is 0.526. The molecule has 1 saturated heterocycles. The van der Waals surface area contributed by atoms with Gasteiger partial charge in [-0.2, -0.15) is 0 Å². The number of aromatic nitrogens is 1. The van der Waals surface area contributed by atoms with Crippen LogP contribution in [0.5, 0.6) is 0 Å². The molecule has 0 unspecified atom stereocenters. The molecule has 1 fully saturated rings. The predicted molar refractivity (Wildman–Crippen MR) is 104 cm³/mol. The molecule has 6 nitrogen and oxygen atoms in total. The first-order valence-electron chi connectivity index (χ1n) is 8.92. The molecule has 0 atom stereocenters. The number of fused-ring (bicyclic) bond motifs is 1. The summed E-state index contributed by atoms with van der Waals surface area (Å²) in [6.45, 7) is 7.41. The minimum atomic E-state index is -2.95. The van der Waals surface area contributed by atoms with E-state index in [1.54, 1.807) is 0 Å². The van der Waals surface area contributed by atoms with Gasteiger partial charge in [0.1, 0.15) is 9.84 Å². The number of hydrogen-bond donors (Lipinski definition) is 0. The van der Waals surface area contributed by atoms with Crippen LogP contribution in [-0.4, -0.2) is 73.4 Å². The largest absolute Gasteiger partial charge is 0.348 e. The van der Waals surface area contributed by atoms with Gasteiger partial charge in [0, 0.05) is 68.2 Å². The molecule has 3 rings (SSSR count). The number of carbonyl (C=O) groups excluding carboxylic acids is 1. The van der Waals surface area contributed by atoms with Crippen molar-refractivity contribution in [1.29, 1.82) is 0 Å². The molecule has 0 aliphatic carbocycles.